The van der Waals surface area contributed by atoms with Crippen molar-refractivity contribution < 1.29 is 4.74 Å². The van der Waals surface area contributed by atoms with Crippen molar-refractivity contribution in [2.75, 3.05) is 7.11 Å². The predicted octanol–water partition coefficient (Wildman–Crippen LogP) is 4.49. The third-order valence-electron chi connectivity index (χ3n) is 2.75. The van der Waals surface area contributed by atoms with Crippen molar-refractivity contribution in [3.05, 3.63) is 72.4 Å². The molecule has 1 aromatic carbocycles. The van der Waals surface area contributed by atoms with Gasteiger partial charge in [0.25, 0.3) is 0 Å². The Morgan fingerprint density at radius 2 is 2.00 bits per heavy atom. The van der Waals surface area contributed by atoms with E-state index >= 15 is 0 Å². The van der Waals surface area contributed by atoms with Crippen LogP contribution >= 0.6 is 0 Å². The second kappa shape index (κ2) is 6.65. The van der Waals surface area contributed by atoms with Crippen LogP contribution in [0.1, 0.15) is 16.7 Å². The smallest absolute Gasteiger partial charge is 0.129 e. The van der Waals surface area contributed by atoms with Crippen molar-refractivity contribution >= 4 is 6.08 Å². The Morgan fingerprint density at radius 3 is 2.50 bits per heavy atom. The second-order valence-corrected chi connectivity index (χ2v) is 4.11. The van der Waals surface area contributed by atoms with Gasteiger partial charge < -0.3 is 4.74 Å². The summed E-state index contributed by atoms with van der Waals surface area (Å²) in [5, 5.41) is 0. The second-order valence-electron chi connectivity index (χ2n) is 4.11. The van der Waals surface area contributed by atoms with Gasteiger partial charge in [-0.25, -0.2) is 0 Å². The standard InChI is InChI=1S/C17H20O/c1-6-9-14(7-2)12-16-11-13(4)10-15(8-3)17(16)18-5/h6-11H,1-3,12H2,4-5H3/b14-9+. The van der Waals surface area contributed by atoms with E-state index in [-0.39, 0.29) is 0 Å². The van der Waals surface area contributed by atoms with Crippen LogP contribution in [0.15, 0.2) is 55.7 Å². The summed E-state index contributed by atoms with van der Waals surface area (Å²) in [4.78, 5) is 0. The van der Waals surface area contributed by atoms with Crippen molar-refractivity contribution in [1.29, 1.82) is 0 Å². The van der Waals surface area contributed by atoms with Gasteiger partial charge >= 0.3 is 0 Å². The van der Waals surface area contributed by atoms with Crippen molar-refractivity contribution in [2.24, 2.45) is 0 Å². The highest BCUT2D eigenvalue weighted by Gasteiger charge is 2.09. The summed E-state index contributed by atoms with van der Waals surface area (Å²) in [5.74, 6) is 0.882. The maximum absolute atomic E-state index is 5.49. The highest BCUT2D eigenvalue weighted by atomic mass is 16.5. The van der Waals surface area contributed by atoms with Crippen LogP contribution in [0.5, 0.6) is 5.75 Å². The van der Waals surface area contributed by atoms with Crippen molar-refractivity contribution in [3.8, 4) is 5.75 Å². The Kier molecular flexibility index (Phi) is 5.19. The third kappa shape index (κ3) is 3.24. The van der Waals surface area contributed by atoms with Crippen molar-refractivity contribution in [2.45, 2.75) is 13.3 Å². The molecule has 0 aliphatic carbocycles. The number of hydrogen-bond acceptors (Lipinski definition) is 1. The summed E-state index contributed by atoms with van der Waals surface area (Å²) < 4.78 is 5.49. The first-order valence-electron chi connectivity index (χ1n) is 5.90. The van der Waals surface area contributed by atoms with Gasteiger partial charge in [-0.1, -0.05) is 50.1 Å². The van der Waals surface area contributed by atoms with Gasteiger partial charge in [-0.15, -0.1) is 0 Å². The van der Waals surface area contributed by atoms with Crippen molar-refractivity contribution in [1.82, 2.24) is 0 Å². The molecule has 1 aromatic rings. The van der Waals surface area contributed by atoms with E-state index in [4.69, 9.17) is 4.74 Å². The highest BCUT2D eigenvalue weighted by Crippen LogP contribution is 2.28. The maximum Gasteiger partial charge on any atom is 0.129 e. The molecule has 0 atom stereocenters. The lowest BCUT2D eigenvalue weighted by Gasteiger charge is -2.13. The number of rotatable bonds is 6. The van der Waals surface area contributed by atoms with Crippen molar-refractivity contribution in [3.63, 3.8) is 0 Å². The Morgan fingerprint density at radius 1 is 1.28 bits per heavy atom. The summed E-state index contributed by atoms with van der Waals surface area (Å²) in [6, 6.07) is 4.20. The van der Waals surface area contributed by atoms with Gasteiger partial charge in [0.1, 0.15) is 5.75 Å². The van der Waals surface area contributed by atoms with E-state index in [1.807, 2.05) is 18.2 Å². The largest absolute Gasteiger partial charge is 0.496 e. The molecule has 0 unspecified atom stereocenters. The minimum Gasteiger partial charge on any atom is -0.496 e. The molecule has 0 fully saturated rings. The van der Waals surface area contributed by atoms with Crippen LogP contribution in [0.4, 0.5) is 0 Å². The number of methoxy groups -OCH3 is 1. The van der Waals surface area contributed by atoms with E-state index in [0.717, 1.165) is 28.9 Å². The zero-order chi connectivity index (χ0) is 13.5. The van der Waals surface area contributed by atoms with Gasteiger partial charge in [0.2, 0.25) is 0 Å². The number of benzene rings is 1. The average molecular weight is 240 g/mol. The van der Waals surface area contributed by atoms with Gasteiger partial charge in [0.15, 0.2) is 0 Å². The van der Waals surface area contributed by atoms with Crippen LogP contribution in [-0.2, 0) is 6.42 Å². The van der Waals surface area contributed by atoms with E-state index in [9.17, 15) is 0 Å². The minimum absolute atomic E-state index is 0.779. The summed E-state index contributed by atoms with van der Waals surface area (Å²) in [7, 11) is 1.69. The molecule has 0 aliphatic rings. The van der Waals surface area contributed by atoms with E-state index in [1.54, 1.807) is 13.2 Å². The first kappa shape index (κ1) is 14.0. The Hall–Kier alpha value is -2.02. The summed E-state index contributed by atoms with van der Waals surface area (Å²) in [6.07, 6.45) is 8.18. The molecular weight excluding hydrogens is 220 g/mol. The number of allylic oxidation sites excluding steroid dienone is 4. The molecule has 0 aliphatic heterocycles. The van der Waals surface area contributed by atoms with Crippen LogP contribution in [-0.4, -0.2) is 7.11 Å². The quantitative estimate of drug-likeness (QED) is 0.666. The first-order valence-corrected chi connectivity index (χ1v) is 5.90. The number of aryl methyl sites for hydroxylation is 1. The minimum atomic E-state index is 0.779. The number of ether oxygens (including phenoxy) is 1. The normalized spacial score (nSPS) is 10.9. The molecule has 0 saturated heterocycles. The zero-order valence-electron chi connectivity index (χ0n) is 11.2. The Balaban J connectivity index is 3.26. The van der Waals surface area contributed by atoms with Crippen LogP contribution < -0.4 is 4.74 Å². The van der Waals surface area contributed by atoms with Crippen LogP contribution in [0, 0.1) is 6.92 Å². The molecule has 0 spiro atoms. The molecule has 0 amide bonds. The molecule has 0 saturated carbocycles. The van der Waals surface area contributed by atoms with Crippen LogP contribution in [0.25, 0.3) is 6.08 Å². The van der Waals surface area contributed by atoms with E-state index in [2.05, 4.69) is 38.8 Å². The fourth-order valence-corrected chi connectivity index (χ4v) is 1.98. The highest BCUT2D eigenvalue weighted by molar-refractivity contribution is 5.60. The molecule has 1 rings (SSSR count). The average Bonchev–Trinajstić information content (AvgIpc) is 2.37. The van der Waals surface area contributed by atoms with E-state index < -0.39 is 0 Å². The Labute approximate surface area is 110 Å². The molecule has 18 heavy (non-hydrogen) atoms. The summed E-state index contributed by atoms with van der Waals surface area (Å²) >= 11 is 0. The first-order chi connectivity index (χ1) is 8.65. The van der Waals surface area contributed by atoms with Gasteiger partial charge in [-0.3, -0.25) is 0 Å². The lowest BCUT2D eigenvalue weighted by atomic mass is 9.98. The lowest BCUT2D eigenvalue weighted by Crippen LogP contribution is -1.97. The summed E-state index contributed by atoms with van der Waals surface area (Å²) in [5.41, 5.74) is 4.47. The number of hydrogen-bond donors (Lipinski definition) is 0. The van der Waals surface area contributed by atoms with Gasteiger partial charge in [0, 0.05) is 12.0 Å². The maximum atomic E-state index is 5.49. The monoisotopic (exact) mass is 240 g/mol. The van der Waals surface area contributed by atoms with E-state index in [1.165, 1.54) is 5.56 Å². The third-order valence-corrected chi connectivity index (χ3v) is 2.75. The summed E-state index contributed by atoms with van der Waals surface area (Å²) in [6.45, 7) is 13.4. The molecule has 0 radical (unpaired) electrons. The molecule has 0 aromatic heterocycles. The fourth-order valence-electron chi connectivity index (χ4n) is 1.98. The lowest BCUT2D eigenvalue weighted by molar-refractivity contribution is 0.409. The van der Waals surface area contributed by atoms with Gasteiger partial charge in [-0.2, -0.15) is 0 Å². The SMILES string of the molecule is C=C/C=C(\C=C)Cc1cc(C)cc(C=C)c1OC. The molecule has 94 valence electrons. The van der Waals surface area contributed by atoms with Gasteiger partial charge in [0.05, 0.1) is 7.11 Å². The van der Waals surface area contributed by atoms with Crippen LogP contribution in [0.3, 0.4) is 0 Å². The zero-order valence-corrected chi connectivity index (χ0v) is 11.2. The molecular formula is C17H20O. The van der Waals surface area contributed by atoms with Crippen LogP contribution in [0.2, 0.25) is 0 Å². The van der Waals surface area contributed by atoms with Gasteiger partial charge in [-0.05, 0) is 29.7 Å². The topological polar surface area (TPSA) is 9.23 Å². The van der Waals surface area contributed by atoms with E-state index in [0.29, 0.717) is 0 Å². The molecule has 1 nitrogen and oxygen atoms in total. The Bertz CT molecular complexity index is 493. The molecule has 0 bridgehead atoms. The molecule has 0 N–H and O–H groups in total. The molecule has 1 heteroatoms. The fraction of sp³-hybridized carbons (Fsp3) is 0.176. The predicted molar refractivity (Wildman–Crippen MR) is 80.0 cm³/mol. The molecule has 0 heterocycles.